The van der Waals surface area contributed by atoms with Crippen LogP contribution >= 0.6 is 31.9 Å². The van der Waals surface area contributed by atoms with Crippen LogP contribution in [0.3, 0.4) is 0 Å². The Morgan fingerprint density at radius 2 is 2.33 bits per heavy atom. The number of halogens is 2. The minimum Gasteiger partial charge on any atom is -0.259 e. The quantitative estimate of drug-likeness (QED) is 0.626. The van der Waals surface area contributed by atoms with Crippen molar-refractivity contribution in [1.29, 1.82) is 0 Å². The Balaban J connectivity index is 3.12. The van der Waals surface area contributed by atoms with Crippen molar-refractivity contribution in [2.75, 3.05) is 0 Å². The molecule has 0 fully saturated rings. The standard InChI is InChI=1S/C9H8Br2N2O2/c1-2-7(13(14)15)4-9-8(11)3-6(10)5-12-9/h3-5H,2H2,1H3. The molecule has 0 N–H and O–H groups in total. The number of nitro groups is 1. The monoisotopic (exact) mass is 334 g/mol. The molecular weight excluding hydrogens is 328 g/mol. The molecule has 0 saturated carbocycles. The van der Waals surface area contributed by atoms with Crippen molar-refractivity contribution in [2.45, 2.75) is 13.3 Å². The summed E-state index contributed by atoms with van der Waals surface area (Å²) < 4.78 is 1.55. The van der Waals surface area contributed by atoms with Crippen LogP contribution in [0.1, 0.15) is 19.0 Å². The van der Waals surface area contributed by atoms with E-state index in [4.69, 9.17) is 0 Å². The van der Waals surface area contributed by atoms with E-state index >= 15 is 0 Å². The van der Waals surface area contributed by atoms with Gasteiger partial charge in [0.25, 0.3) is 0 Å². The van der Waals surface area contributed by atoms with Gasteiger partial charge >= 0.3 is 0 Å². The van der Waals surface area contributed by atoms with Gasteiger partial charge in [0.05, 0.1) is 10.6 Å². The molecule has 0 saturated heterocycles. The topological polar surface area (TPSA) is 56.0 Å². The summed E-state index contributed by atoms with van der Waals surface area (Å²) in [5.74, 6) is 0. The van der Waals surface area contributed by atoms with Crippen molar-refractivity contribution >= 4 is 37.9 Å². The van der Waals surface area contributed by atoms with Crippen LogP contribution in [0, 0.1) is 10.1 Å². The molecule has 0 bridgehead atoms. The highest BCUT2D eigenvalue weighted by atomic mass is 79.9. The predicted molar refractivity (Wildman–Crippen MR) is 64.9 cm³/mol. The van der Waals surface area contributed by atoms with Gasteiger partial charge in [0, 0.05) is 27.6 Å². The second-order valence-corrected chi connectivity index (χ2v) is 4.54. The summed E-state index contributed by atoms with van der Waals surface area (Å²) in [6, 6.07) is 1.80. The molecule has 1 aromatic rings. The molecule has 0 unspecified atom stereocenters. The number of hydrogen-bond donors (Lipinski definition) is 0. The van der Waals surface area contributed by atoms with Crippen molar-refractivity contribution in [2.24, 2.45) is 0 Å². The van der Waals surface area contributed by atoms with Crippen LogP contribution in [0.2, 0.25) is 0 Å². The summed E-state index contributed by atoms with van der Waals surface area (Å²) >= 11 is 6.56. The largest absolute Gasteiger partial charge is 0.259 e. The van der Waals surface area contributed by atoms with Crippen LogP contribution in [0.4, 0.5) is 0 Å². The molecule has 0 aromatic carbocycles. The average Bonchev–Trinajstić information content (AvgIpc) is 2.16. The van der Waals surface area contributed by atoms with Gasteiger partial charge in [-0.2, -0.15) is 0 Å². The molecule has 0 aliphatic heterocycles. The molecule has 6 heteroatoms. The lowest BCUT2D eigenvalue weighted by molar-refractivity contribution is -0.425. The van der Waals surface area contributed by atoms with E-state index < -0.39 is 4.92 Å². The molecule has 0 amide bonds. The molecule has 4 nitrogen and oxygen atoms in total. The molecule has 0 radical (unpaired) electrons. The Hall–Kier alpha value is -0.750. The van der Waals surface area contributed by atoms with Gasteiger partial charge in [-0.15, -0.1) is 0 Å². The highest BCUT2D eigenvalue weighted by Crippen LogP contribution is 2.22. The van der Waals surface area contributed by atoms with Crippen molar-refractivity contribution in [3.05, 3.63) is 42.7 Å². The van der Waals surface area contributed by atoms with Gasteiger partial charge in [-0.05, 0) is 37.9 Å². The minimum atomic E-state index is -0.393. The van der Waals surface area contributed by atoms with Crippen molar-refractivity contribution in [3.8, 4) is 0 Å². The van der Waals surface area contributed by atoms with Crippen LogP contribution in [0.5, 0.6) is 0 Å². The number of aromatic nitrogens is 1. The lowest BCUT2D eigenvalue weighted by Crippen LogP contribution is -1.97. The van der Waals surface area contributed by atoms with Gasteiger partial charge in [0.15, 0.2) is 0 Å². The van der Waals surface area contributed by atoms with Gasteiger partial charge in [-0.3, -0.25) is 15.1 Å². The Morgan fingerprint density at radius 3 is 2.80 bits per heavy atom. The number of nitrogens with zero attached hydrogens (tertiary/aromatic N) is 2. The van der Waals surface area contributed by atoms with E-state index in [2.05, 4.69) is 36.8 Å². The molecule has 80 valence electrons. The summed E-state index contributed by atoms with van der Waals surface area (Å²) in [4.78, 5) is 14.3. The van der Waals surface area contributed by atoms with E-state index in [1.54, 1.807) is 19.2 Å². The first-order valence-electron chi connectivity index (χ1n) is 4.20. The fraction of sp³-hybridized carbons (Fsp3) is 0.222. The van der Waals surface area contributed by atoms with Crippen molar-refractivity contribution < 1.29 is 4.92 Å². The first-order chi connectivity index (χ1) is 7.04. The zero-order valence-electron chi connectivity index (χ0n) is 7.91. The molecule has 0 aliphatic carbocycles. The maximum Gasteiger partial charge on any atom is 0.248 e. The first-order valence-corrected chi connectivity index (χ1v) is 5.79. The van der Waals surface area contributed by atoms with Crippen LogP contribution in [-0.4, -0.2) is 9.91 Å². The average molecular weight is 336 g/mol. The summed E-state index contributed by atoms with van der Waals surface area (Å²) in [5, 5.41) is 10.6. The maximum absolute atomic E-state index is 10.6. The normalized spacial score (nSPS) is 11.5. The highest BCUT2D eigenvalue weighted by Gasteiger charge is 2.09. The lowest BCUT2D eigenvalue weighted by Gasteiger charge is -1.99. The number of rotatable bonds is 3. The van der Waals surface area contributed by atoms with Crippen LogP contribution in [-0.2, 0) is 0 Å². The van der Waals surface area contributed by atoms with Gasteiger partial charge in [0.2, 0.25) is 5.70 Å². The molecule has 0 atom stereocenters. The summed E-state index contributed by atoms with van der Waals surface area (Å²) in [5.41, 5.74) is 0.706. The van der Waals surface area contributed by atoms with Gasteiger partial charge in [0.1, 0.15) is 0 Å². The molecule has 1 rings (SSSR count). The Kier molecular flexibility index (Phi) is 4.41. The van der Waals surface area contributed by atoms with Gasteiger partial charge in [-0.25, -0.2) is 0 Å². The van der Waals surface area contributed by atoms with Crippen LogP contribution in [0.25, 0.3) is 6.08 Å². The Labute approximate surface area is 104 Å². The fourth-order valence-corrected chi connectivity index (χ4v) is 2.07. The second-order valence-electron chi connectivity index (χ2n) is 2.77. The summed E-state index contributed by atoms with van der Waals surface area (Å²) in [6.07, 6.45) is 3.44. The predicted octanol–water partition coefficient (Wildman–Crippen LogP) is 3.63. The van der Waals surface area contributed by atoms with Crippen LogP contribution in [0.15, 0.2) is 26.9 Å². The molecule has 1 aromatic heterocycles. The Morgan fingerprint density at radius 1 is 1.67 bits per heavy atom. The molecule has 0 aliphatic rings. The second kappa shape index (κ2) is 5.37. The number of pyridine rings is 1. The van der Waals surface area contributed by atoms with E-state index in [1.807, 2.05) is 0 Å². The van der Waals surface area contributed by atoms with E-state index in [9.17, 15) is 10.1 Å². The molecule has 0 spiro atoms. The third kappa shape index (κ3) is 3.39. The molecular formula is C9H8Br2N2O2. The molecule has 1 heterocycles. The summed E-state index contributed by atoms with van der Waals surface area (Å²) in [6.45, 7) is 1.74. The number of hydrogen-bond acceptors (Lipinski definition) is 3. The van der Waals surface area contributed by atoms with E-state index in [0.29, 0.717) is 12.1 Å². The first kappa shape index (κ1) is 12.3. The Bertz CT molecular complexity index is 419. The zero-order chi connectivity index (χ0) is 11.4. The smallest absolute Gasteiger partial charge is 0.248 e. The number of allylic oxidation sites excluding steroid dienone is 1. The van der Waals surface area contributed by atoms with Crippen molar-refractivity contribution in [1.82, 2.24) is 4.98 Å². The van der Waals surface area contributed by atoms with Crippen LogP contribution < -0.4 is 0 Å². The van der Waals surface area contributed by atoms with Crippen molar-refractivity contribution in [3.63, 3.8) is 0 Å². The highest BCUT2D eigenvalue weighted by molar-refractivity contribution is 9.11. The third-order valence-corrected chi connectivity index (χ3v) is 2.81. The van der Waals surface area contributed by atoms with E-state index in [-0.39, 0.29) is 5.70 Å². The third-order valence-electron chi connectivity index (χ3n) is 1.74. The van der Waals surface area contributed by atoms with Gasteiger partial charge in [-0.1, -0.05) is 6.92 Å². The SMILES string of the molecule is CCC(=Cc1ncc(Br)cc1Br)[N+](=O)[O-]. The fourth-order valence-electron chi connectivity index (χ4n) is 0.973. The minimum absolute atomic E-state index is 0.144. The van der Waals surface area contributed by atoms with E-state index in [1.165, 1.54) is 6.08 Å². The molecule has 15 heavy (non-hydrogen) atoms. The maximum atomic E-state index is 10.6. The lowest BCUT2D eigenvalue weighted by atomic mass is 10.2. The van der Waals surface area contributed by atoms with E-state index in [0.717, 1.165) is 8.95 Å². The zero-order valence-corrected chi connectivity index (χ0v) is 11.1. The van der Waals surface area contributed by atoms with Gasteiger partial charge < -0.3 is 0 Å². The summed E-state index contributed by atoms with van der Waals surface area (Å²) in [7, 11) is 0.